The van der Waals surface area contributed by atoms with Gasteiger partial charge in [-0.3, -0.25) is 4.79 Å². The molecule has 0 aliphatic rings. The number of carbonyl (C=O) groups is 1. The van der Waals surface area contributed by atoms with E-state index in [1.807, 2.05) is 44.5 Å². The number of ether oxygens (including phenoxy) is 3. The van der Waals surface area contributed by atoms with E-state index in [1.165, 1.54) is 0 Å². The minimum absolute atomic E-state index is 0.318. The van der Waals surface area contributed by atoms with Crippen molar-refractivity contribution in [1.82, 2.24) is 14.8 Å². The number of hydrogen-bond acceptors (Lipinski definition) is 6. The van der Waals surface area contributed by atoms with E-state index in [9.17, 15) is 4.79 Å². The third-order valence-electron chi connectivity index (χ3n) is 5.51. The van der Waals surface area contributed by atoms with E-state index in [-0.39, 0.29) is 5.91 Å². The highest BCUT2D eigenvalue weighted by atomic mass is 16.5. The SMILES string of the molecule is CCCn1nc(NC(=O)c2cc(OCC)c(OCC)c(OCC)c2)c2cc3ccc(C)cc3nc21. The van der Waals surface area contributed by atoms with E-state index in [2.05, 4.69) is 29.5 Å². The van der Waals surface area contributed by atoms with Crippen molar-refractivity contribution in [2.24, 2.45) is 0 Å². The Bertz CT molecular complexity index is 1340. The van der Waals surface area contributed by atoms with Crippen LogP contribution in [0.25, 0.3) is 21.9 Å². The van der Waals surface area contributed by atoms with Gasteiger partial charge in [-0.2, -0.15) is 5.10 Å². The summed E-state index contributed by atoms with van der Waals surface area (Å²) >= 11 is 0. The van der Waals surface area contributed by atoms with E-state index in [0.717, 1.165) is 33.9 Å². The molecular formula is C27H32N4O4. The number of pyridine rings is 1. The van der Waals surface area contributed by atoms with Crippen molar-refractivity contribution >= 4 is 33.7 Å². The van der Waals surface area contributed by atoms with Crippen LogP contribution in [0.2, 0.25) is 0 Å². The second-order valence-corrected chi connectivity index (χ2v) is 8.18. The Morgan fingerprint density at radius 1 is 0.943 bits per heavy atom. The number of aromatic nitrogens is 3. The number of fused-ring (bicyclic) bond motifs is 2. The predicted octanol–water partition coefficient (Wildman–Crippen LogP) is 5.75. The van der Waals surface area contributed by atoms with E-state index in [4.69, 9.17) is 19.2 Å². The van der Waals surface area contributed by atoms with Crippen LogP contribution in [0.3, 0.4) is 0 Å². The number of amides is 1. The molecule has 0 radical (unpaired) electrons. The van der Waals surface area contributed by atoms with Crippen LogP contribution in [-0.4, -0.2) is 40.5 Å². The Hall–Kier alpha value is -3.81. The lowest BCUT2D eigenvalue weighted by Crippen LogP contribution is -2.14. The zero-order chi connectivity index (χ0) is 24.9. The van der Waals surface area contributed by atoms with Gasteiger partial charge >= 0.3 is 0 Å². The third kappa shape index (κ3) is 5.01. The van der Waals surface area contributed by atoms with Crippen molar-refractivity contribution < 1.29 is 19.0 Å². The molecule has 8 heteroatoms. The minimum Gasteiger partial charge on any atom is -0.490 e. The highest BCUT2D eigenvalue weighted by molar-refractivity contribution is 6.09. The summed E-state index contributed by atoms with van der Waals surface area (Å²) in [4.78, 5) is 18.2. The summed E-state index contributed by atoms with van der Waals surface area (Å²) in [6.45, 7) is 11.8. The maximum Gasteiger partial charge on any atom is 0.257 e. The van der Waals surface area contributed by atoms with E-state index >= 15 is 0 Å². The van der Waals surface area contributed by atoms with Gasteiger partial charge in [0.2, 0.25) is 5.75 Å². The smallest absolute Gasteiger partial charge is 0.257 e. The Morgan fingerprint density at radius 2 is 1.63 bits per heavy atom. The molecule has 2 aromatic heterocycles. The van der Waals surface area contributed by atoms with Gasteiger partial charge in [-0.25, -0.2) is 9.67 Å². The number of rotatable bonds is 10. The quantitative estimate of drug-likeness (QED) is 0.313. The largest absolute Gasteiger partial charge is 0.490 e. The van der Waals surface area contributed by atoms with Gasteiger partial charge in [-0.1, -0.05) is 19.1 Å². The molecule has 0 aliphatic heterocycles. The molecule has 8 nitrogen and oxygen atoms in total. The molecule has 2 aromatic carbocycles. The van der Waals surface area contributed by atoms with E-state index in [0.29, 0.717) is 55.0 Å². The van der Waals surface area contributed by atoms with Gasteiger partial charge in [0.1, 0.15) is 0 Å². The predicted molar refractivity (Wildman–Crippen MR) is 138 cm³/mol. The maximum absolute atomic E-state index is 13.4. The first-order valence-corrected chi connectivity index (χ1v) is 12.1. The van der Waals surface area contributed by atoms with Crippen LogP contribution >= 0.6 is 0 Å². The number of aryl methyl sites for hydroxylation is 2. The monoisotopic (exact) mass is 476 g/mol. The number of anilines is 1. The summed E-state index contributed by atoms with van der Waals surface area (Å²) in [5, 5.41) is 9.46. The van der Waals surface area contributed by atoms with Crippen molar-refractivity contribution in [3.05, 3.63) is 47.5 Å². The minimum atomic E-state index is -0.318. The Kier molecular flexibility index (Phi) is 7.39. The van der Waals surface area contributed by atoms with Gasteiger partial charge in [0.15, 0.2) is 23.0 Å². The molecule has 0 bridgehead atoms. The van der Waals surface area contributed by atoms with Crippen LogP contribution < -0.4 is 19.5 Å². The van der Waals surface area contributed by atoms with Crippen LogP contribution in [0.15, 0.2) is 36.4 Å². The standard InChI is InChI=1S/C27H32N4O4/c1-6-12-31-26-20(14-18-11-10-17(5)13-21(18)28-26)25(30-31)29-27(32)19-15-22(33-7-2)24(35-9-4)23(16-19)34-8-3/h10-11,13-16H,6-9,12H2,1-5H3,(H,29,30,32). The number of hydrogen-bond donors (Lipinski definition) is 1. The Labute approximate surface area is 205 Å². The lowest BCUT2D eigenvalue weighted by atomic mass is 10.1. The lowest BCUT2D eigenvalue weighted by molar-refractivity contribution is 0.102. The molecule has 0 aliphatic carbocycles. The highest BCUT2D eigenvalue weighted by Crippen LogP contribution is 2.39. The van der Waals surface area contributed by atoms with E-state index < -0.39 is 0 Å². The summed E-state index contributed by atoms with van der Waals surface area (Å²) in [6.07, 6.45) is 0.895. The fraction of sp³-hybridized carbons (Fsp3) is 0.370. The van der Waals surface area contributed by atoms with Crippen LogP contribution in [-0.2, 0) is 6.54 Å². The summed E-state index contributed by atoms with van der Waals surface area (Å²) in [5.74, 6) is 1.58. The van der Waals surface area contributed by atoms with Crippen LogP contribution in [0.4, 0.5) is 5.82 Å². The summed E-state index contributed by atoms with van der Waals surface area (Å²) in [7, 11) is 0. The highest BCUT2D eigenvalue weighted by Gasteiger charge is 2.21. The van der Waals surface area contributed by atoms with Gasteiger partial charge in [0, 0.05) is 17.5 Å². The number of benzene rings is 2. The molecule has 1 amide bonds. The van der Waals surface area contributed by atoms with Crippen molar-refractivity contribution in [3.8, 4) is 17.2 Å². The first kappa shape index (κ1) is 24.3. The number of nitrogens with zero attached hydrogens (tertiary/aromatic N) is 3. The van der Waals surface area contributed by atoms with Crippen LogP contribution in [0.5, 0.6) is 17.2 Å². The van der Waals surface area contributed by atoms with Gasteiger partial charge in [0.05, 0.1) is 30.7 Å². The van der Waals surface area contributed by atoms with Gasteiger partial charge in [0.25, 0.3) is 5.91 Å². The summed E-state index contributed by atoms with van der Waals surface area (Å²) in [6, 6.07) is 11.5. The molecule has 4 aromatic rings. The second-order valence-electron chi connectivity index (χ2n) is 8.18. The molecule has 2 heterocycles. The third-order valence-corrected chi connectivity index (χ3v) is 5.51. The number of nitrogens with one attached hydrogen (secondary N) is 1. The summed E-state index contributed by atoms with van der Waals surface area (Å²) in [5.41, 5.74) is 3.19. The molecule has 0 unspecified atom stereocenters. The molecule has 0 spiro atoms. The van der Waals surface area contributed by atoms with Crippen molar-refractivity contribution in [3.63, 3.8) is 0 Å². The Morgan fingerprint density at radius 3 is 2.26 bits per heavy atom. The topological polar surface area (TPSA) is 87.5 Å². The molecule has 0 saturated carbocycles. The van der Waals surface area contributed by atoms with E-state index in [1.54, 1.807) is 12.1 Å². The van der Waals surface area contributed by atoms with Gasteiger partial charge in [-0.15, -0.1) is 0 Å². The first-order chi connectivity index (χ1) is 17.0. The molecule has 35 heavy (non-hydrogen) atoms. The molecule has 1 N–H and O–H groups in total. The van der Waals surface area contributed by atoms with Crippen molar-refractivity contribution in [1.29, 1.82) is 0 Å². The van der Waals surface area contributed by atoms with Crippen molar-refractivity contribution in [2.45, 2.75) is 47.6 Å². The fourth-order valence-corrected chi connectivity index (χ4v) is 4.02. The molecule has 184 valence electrons. The zero-order valence-electron chi connectivity index (χ0n) is 21.0. The van der Waals surface area contributed by atoms with Crippen LogP contribution in [0, 0.1) is 6.92 Å². The zero-order valence-corrected chi connectivity index (χ0v) is 21.0. The summed E-state index contributed by atoms with van der Waals surface area (Å²) < 4.78 is 19.1. The second kappa shape index (κ2) is 10.6. The van der Waals surface area contributed by atoms with Gasteiger partial charge in [-0.05, 0) is 63.9 Å². The van der Waals surface area contributed by atoms with Crippen molar-refractivity contribution in [2.75, 3.05) is 25.1 Å². The molecule has 0 fully saturated rings. The molecule has 0 saturated heterocycles. The average molecular weight is 477 g/mol. The molecule has 4 rings (SSSR count). The van der Waals surface area contributed by atoms with Crippen LogP contribution in [0.1, 0.15) is 50.0 Å². The normalized spacial score (nSPS) is 11.1. The number of carbonyl (C=O) groups excluding carboxylic acids is 1. The first-order valence-electron chi connectivity index (χ1n) is 12.1. The lowest BCUT2D eigenvalue weighted by Gasteiger charge is -2.17. The molecule has 0 atom stereocenters. The maximum atomic E-state index is 13.4. The molecular weight excluding hydrogens is 444 g/mol. The van der Waals surface area contributed by atoms with Gasteiger partial charge < -0.3 is 19.5 Å². The Balaban J connectivity index is 1.76. The fourth-order valence-electron chi connectivity index (χ4n) is 4.02. The average Bonchev–Trinajstić information content (AvgIpc) is 3.15.